The third kappa shape index (κ3) is 3.25. The number of benzene rings is 1. The molecule has 4 nitrogen and oxygen atoms in total. The first-order valence-electron chi connectivity index (χ1n) is 5.73. The van der Waals surface area contributed by atoms with Crippen molar-refractivity contribution in [2.45, 2.75) is 20.4 Å². The van der Waals surface area contributed by atoms with E-state index in [1.807, 2.05) is 38.1 Å². The first kappa shape index (κ1) is 14.3. The summed E-state index contributed by atoms with van der Waals surface area (Å²) in [7, 11) is 0. The predicted molar refractivity (Wildman–Crippen MR) is 82.2 cm³/mol. The van der Waals surface area contributed by atoms with Crippen LogP contribution in [0.5, 0.6) is 0 Å². The lowest BCUT2D eigenvalue weighted by Gasteiger charge is -2.08. The van der Waals surface area contributed by atoms with Crippen molar-refractivity contribution < 1.29 is 4.79 Å². The third-order valence-electron chi connectivity index (χ3n) is 2.73. The molecule has 2 rings (SSSR count). The van der Waals surface area contributed by atoms with Gasteiger partial charge in [-0.05, 0) is 57.8 Å². The molecule has 100 valence electrons. The molecule has 0 saturated carbocycles. The highest BCUT2D eigenvalue weighted by Crippen LogP contribution is 2.22. The molecule has 0 aliphatic heterocycles. The molecule has 0 atom stereocenters. The molecule has 6 heteroatoms. The number of aryl methyl sites for hydroxylation is 1. The quantitative estimate of drug-likeness (QED) is 0.874. The van der Waals surface area contributed by atoms with E-state index >= 15 is 0 Å². The number of halogens is 2. The van der Waals surface area contributed by atoms with Crippen molar-refractivity contribution in [2.75, 3.05) is 5.32 Å². The Morgan fingerprint density at radius 3 is 2.58 bits per heavy atom. The van der Waals surface area contributed by atoms with Crippen molar-refractivity contribution in [3.8, 4) is 0 Å². The Bertz CT molecular complexity index is 622. The zero-order chi connectivity index (χ0) is 14.0. The van der Waals surface area contributed by atoms with Crippen LogP contribution in [0.2, 0.25) is 0 Å². The van der Waals surface area contributed by atoms with Crippen molar-refractivity contribution in [3.05, 3.63) is 44.6 Å². The number of carbonyl (C=O) groups excluding carboxylic acids is 1. The molecule has 0 spiro atoms. The van der Waals surface area contributed by atoms with Crippen molar-refractivity contribution in [3.63, 3.8) is 0 Å². The van der Waals surface area contributed by atoms with E-state index in [4.69, 9.17) is 0 Å². The average Bonchev–Trinajstić information content (AvgIpc) is 2.60. The van der Waals surface area contributed by atoms with Crippen LogP contribution in [0.3, 0.4) is 0 Å². The lowest BCUT2D eigenvalue weighted by Crippen LogP contribution is -2.20. The summed E-state index contributed by atoms with van der Waals surface area (Å²) in [5, 5.41) is 7.16. The highest BCUT2D eigenvalue weighted by molar-refractivity contribution is 9.11. The lowest BCUT2D eigenvalue weighted by atomic mass is 10.3. The standard InChI is InChI=1S/C13H13Br2N3O/c1-8-13(15)9(2)18(17-8)7-12(19)16-11-6-4-3-5-10(11)14/h3-6H,7H2,1-2H3,(H,16,19). The molecule has 0 radical (unpaired) electrons. The van der Waals surface area contributed by atoms with Gasteiger partial charge in [0.2, 0.25) is 5.91 Å². The second-order valence-electron chi connectivity index (χ2n) is 4.17. The van der Waals surface area contributed by atoms with Gasteiger partial charge in [-0.3, -0.25) is 9.48 Å². The normalized spacial score (nSPS) is 10.5. The molecule has 1 aromatic heterocycles. The summed E-state index contributed by atoms with van der Waals surface area (Å²) in [5.74, 6) is -0.106. The number of hydrogen-bond donors (Lipinski definition) is 1. The molecule has 0 unspecified atom stereocenters. The van der Waals surface area contributed by atoms with Gasteiger partial charge in [0.05, 0.1) is 21.5 Å². The van der Waals surface area contributed by atoms with Crippen LogP contribution in [0.1, 0.15) is 11.4 Å². The molecule has 0 bridgehead atoms. The van der Waals surface area contributed by atoms with Gasteiger partial charge >= 0.3 is 0 Å². The van der Waals surface area contributed by atoms with Crippen LogP contribution >= 0.6 is 31.9 Å². The van der Waals surface area contributed by atoms with E-state index < -0.39 is 0 Å². The number of para-hydroxylation sites is 1. The SMILES string of the molecule is Cc1nn(CC(=O)Nc2ccccc2Br)c(C)c1Br. The second-order valence-corrected chi connectivity index (χ2v) is 5.82. The zero-order valence-corrected chi connectivity index (χ0v) is 13.7. The van der Waals surface area contributed by atoms with Crippen molar-refractivity contribution in [1.82, 2.24) is 9.78 Å². The second kappa shape index (κ2) is 5.88. The van der Waals surface area contributed by atoms with E-state index in [-0.39, 0.29) is 12.5 Å². The number of anilines is 1. The van der Waals surface area contributed by atoms with Crippen LogP contribution in [-0.2, 0) is 11.3 Å². The number of nitrogens with one attached hydrogen (secondary N) is 1. The summed E-state index contributed by atoms with van der Waals surface area (Å²) in [6.45, 7) is 4.02. The Balaban J connectivity index is 2.10. The fourth-order valence-corrected chi connectivity index (χ4v) is 2.39. The van der Waals surface area contributed by atoms with Gasteiger partial charge in [0.25, 0.3) is 0 Å². The largest absolute Gasteiger partial charge is 0.323 e. The minimum absolute atomic E-state index is 0.106. The van der Waals surface area contributed by atoms with Crippen molar-refractivity contribution >= 4 is 43.5 Å². The molecular formula is C13H13Br2N3O. The molecule has 1 aromatic carbocycles. The summed E-state index contributed by atoms with van der Waals surface area (Å²) < 4.78 is 3.49. The molecule has 0 aliphatic carbocycles. The molecule has 1 N–H and O–H groups in total. The van der Waals surface area contributed by atoms with E-state index in [9.17, 15) is 4.79 Å². The van der Waals surface area contributed by atoms with E-state index in [0.717, 1.165) is 26.0 Å². The molecule has 1 amide bonds. The van der Waals surface area contributed by atoms with E-state index in [1.54, 1.807) is 4.68 Å². The summed E-state index contributed by atoms with van der Waals surface area (Å²) in [6.07, 6.45) is 0. The maximum atomic E-state index is 12.0. The topological polar surface area (TPSA) is 46.9 Å². The smallest absolute Gasteiger partial charge is 0.246 e. The van der Waals surface area contributed by atoms with Gasteiger partial charge in [0.1, 0.15) is 6.54 Å². The van der Waals surface area contributed by atoms with E-state index in [2.05, 4.69) is 42.3 Å². The van der Waals surface area contributed by atoms with Gasteiger partial charge in [-0.2, -0.15) is 5.10 Å². The van der Waals surface area contributed by atoms with Crippen LogP contribution in [-0.4, -0.2) is 15.7 Å². The summed E-state index contributed by atoms with van der Waals surface area (Å²) >= 11 is 6.84. The first-order valence-corrected chi connectivity index (χ1v) is 7.31. The fourth-order valence-electron chi connectivity index (χ4n) is 1.72. The first-order chi connectivity index (χ1) is 8.99. The van der Waals surface area contributed by atoms with Crippen LogP contribution in [0.15, 0.2) is 33.2 Å². The number of rotatable bonds is 3. The molecule has 0 aliphatic rings. The van der Waals surface area contributed by atoms with Crippen LogP contribution in [0.25, 0.3) is 0 Å². The molecular weight excluding hydrogens is 374 g/mol. The molecule has 1 heterocycles. The summed E-state index contributed by atoms with van der Waals surface area (Å²) in [6, 6.07) is 7.51. The van der Waals surface area contributed by atoms with Crippen molar-refractivity contribution in [2.24, 2.45) is 0 Å². The molecule has 19 heavy (non-hydrogen) atoms. The maximum Gasteiger partial charge on any atom is 0.246 e. The lowest BCUT2D eigenvalue weighted by molar-refractivity contribution is -0.116. The minimum Gasteiger partial charge on any atom is -0.323 e. The Kier molecular flexibility index (Phi) is 4.42. The van der Waals surface area contributed by atoms with Crippen LogP contribution in [0, 0.1) is 13.8 Å². The van der Waals surface area contributed by atoms with Gasteiger partial charge in [0, 0.05) is 4.47 Å². The van der Waals surface area contributed by atoms with Gasteiger partial charge < -0.3 is 5.32 Å². The Labute approximate surface area is 128 Å². The monoisotopic (exact) mass is 385 g/mol. The zero-order valence-electron chi connectivity index (χ0n) is 10.6. The average molecular weight is 387 g/mol. The Morgan fingerprint density at radius 1 is 1.32 bits per heavy atom. The summed E-state index contributed by atoms with van der Waals surface area (Å²) in [4.78, 5) is 12.0. The van der Waals surface area contributed by atoms with Gasteiger partial charge in [-0.1, -0.05) is 12.1 Å². The number of amides is 1. The van der Waals surface area contributed by atoms with E-state index in [1.165, 1.54) is 0 Å². The molecule has 2 aromatic rings. The Hall–Kier alpha value is -1.14. The number of hydrogen-bond acceptors (Lipinski definition) is 2. The van der Waals surface area contributed by atoms with Crippen LogP contribution < -0.4 is 5.32 Å². The Morgan fingerprint density at radius 2 is 2.00 bits per heavy atom. The predicted octanol–water partition coefficient (Wildman–Crippen LogP) is 3.66. The number of aromatic nitrogens is 2. The highest BCUT2D eigenvalue weighted by Gasteiger charge is 2.12. The van der Waals surface area contributed by atoms with Gasteiger partial charge in [-0.25, -0.2) is 0 Å². The number of nitrogens with zero attached hydrogens (tertiary/aromatic N) is 2. The van der Waals surface area contributed by atoms with Gasteiger partial charge in [-0.15, -0.1) is 0 Å². The molecule has 0 fully saturated rings. The third-order valence-corrected chi connectivity index (χ3v) is 4.57. The minimum atomic E-state index is -0.106. The van der Waals surface area contributed by atoms with Gasteiger partial charge in [0.15, 0.2) is 0 Å². The van der Waals surface area contributed by atoms with Crippen molar-refractivity contribution in [1.29, 1.82) is 0 Å². The highest BCUT2D eigenvalue weighted by atomic mass is 79.9. The molecule has 0 saturated heterocycles. The fraction of sp³-hybridized carbons (Fsp3) is 0.231. The maximum absolute atomic E-state index is 12.0. The van der Waals surface area contributed by atoms with Crippen LogP contribution in [0.4, 0.5) is 5.69 Å². The van der Waals surface area contributed by atoms with E-state index in [0.29, 0.717) is 0 Å². The number of carbonyl (C=O) groups is 1. The summed E-state index contributed by atoms with van der Waals surface area (Å²) in [5.41, 5.74) is 2.58.